The Kier molecular flexibility index (Phi) is 7.11. The summed E-state index contributed by atoms with van der Waals surface area (Å²) < 4.78 is 10.5. The molecule has 2 N–H and O–H groups in total. The molecule has 0 spiro atoms. The van der Waals surface area contributed by atoms with Crippen LogP contribution in [0.1, 0.15) is 56.7 Å². The van der Waals surface area contributed by atoms with Crippen LogP contribution < -0.4 is 10.6 Å². The number of benzene rings is 1. The lowest BCUT2D eigenvalue weighted by Crippen LogP contribution is -2.34. The Hall–Kier alpha value is -2.75. The number of fused-ring (bicyclic) bond motifs is 1. The van der Waals surface area contributed by atoms with Crippen molar-refractivity contribution in [2.75, 3.05) is 11.9 Å². The maximum Gasteiger partial charge on any atom is 0.341 e. The van der Waals surface area contributed by atoms with Gasteiger partial charge < -0.3 is 14.6 Å². The molecule has 1 aliphatic rings. The SMILES string of the molecule is CCOC(=O)c1c(NC(=S)NC(=O)c2c(-c3ccccc3Cl)noc2C)sc2c1CCCC2. The number of anilines is 1. The lowest BCUT2D eigenvalue weighted by atomic mass is 9.95. The number of carbonyl (C=O) groups is 2. The van der Waals surface area contributed by atoms with Gasteiger partial charge >= 0.3 is 5.97 Å². The zero-order valence-electron chi connectivity index (χ0n) is 18.1. The molecule has 4 rings (SSSR count). The number of hydrogen-bond donors (Lipinski definition) is 2. The van der Waals surface area contributed by atoms with Crippen molar-refractivity contribution < 1.29 is 18.8 Å². The maximum absolute atomic E-state index is 13.1. The van der Waals surface area contributed by atoms with Gasteiger partial charge in [-0.25, -0.2) is 4.79 Å². The van der Waals surface area contributed by atoms with E-state index in [1.807, 2.05) is 0 Å². The first-order chi connectivity index (χ1) is 15.9. The minimum absolute atomic E-state index is 0.0647. The van der Waals surface area contributed by atoms with Crippen LogP contribution in [-0.2, 0) is 17.6 Å². The third-order valence-electron chi connectivity index (χ3n) is 5.32. The van der Waals surface area contributed by atoms with Gasteiger partial charge in [0.25, 0.3) is 5.91 Å². The second-order valence-electron chi connectivity index (χ2n) is 7.49. The smallest absolute Gasteiger partial charge is 0.341 e. The molecule has 0 unspecified atom stereocenters. The van der Waals surface area contributed by atoms with Crippen LogP contribution >= 0.6 is 35.2 Å². The molecule has 2 heterocycles. The van der Waals surface area contributed by atoms with Gasteiger partial charge in [0, 0.05) is 10.4 Å². The molecule has 7 nitrogen and oxygen atoms in total. The molecule has 10 heteroatoms. The van der Waals surface area contributed by atoms with Crippen LogP contribution in [-0.4, -0.2) is 28.8 Å². The Bertz CT molecular complexity index is 1230. The van der Waals surface area contributed by atoms with E-state index in [9.17, 15) is 9.59 Å². The molecule has 0 aliphatic heterocycles. The van der Waals surface area contributed by atoms with Crippen LogP contribution in [0.4, 0.5) is 5.00 Å². The Balaban J connectivity index is 1.57. The van der Waals surface area contributed by atoms with E-state index in [0.717, 1.165) is 36.1 Å². The highest BCUT2D eigenvalue weighted by Crippen LogP contribution is 2.38. The van der Waals surface area contributed by atoms with Gasteiger partial charge in [-0.3, -0.25) is 10.1 Å². The number of rotatable bonds is 5. The van der Waals surface area contributed by atoms with Crippen molar-refractivity contribution in [1.82, 2.24) is 10.5 Å². The lowest BCUT2D eigenvalue weighted by molar-refractivity contribution is 0.0526. The summed E-state index contributed by atoms with van der Waals surface area (Å²) in [6.07, 6.45) is 3.83. The summed E-state index contributed by atoms with van der Waals surface area (Å²) in [6, 6.07) is 7.06. The number of nitrogens with zero attached hydrogens (tertiary/aromatic N) is 1. The number of halogens is 1. The number of aromatic nitrogens is 1. The van der Waals surface area contributed by atoms with Crippen LogP contribution in [0.2, 0.25) is 5.02 Å². The standard InChI is InChI=1S/C23H22ClN3O4S2/c1-3-30-22(29)18-14-9-5-7-11-16(14)33-21(18)26-23(32)25-20(28)17-12(2)31-27-19(17)13-8-4-6-10-15(13)24/h4,6,8,10H,3,5,7,9,11H2,1-2H3,(H2,25,26,28,32). The van der Waals surface area contributed by atoms with Crippen LogP contribution in [0, 0.1) is 6.92 Å². The number of thiophene rings is 1. The predicted octanol–water partition coefficient (Wildman–Crippen LogP) is 5.55. The first-order valence-corrected chi connectivity index (χ1v) is 12.2. The van der Waals surface area contributed by atoms with Crippen molar-refractivity contribution in [3.8, 4) is 11.3 Å². The summed E-state index contributed by atoms with van der Waals surface area (Å²) in [7, 11) is 0. The fraction of sp³-hybridized carbons (Fsp3) is 0.304. The number of carbonyl (C=O) groups excluding carboxylic acids is 2. The Morgan fingerprint density at radius 3 is 2.76 bits per heavy atom. The predicted molar refractivity (Wildman–Crippen MR) is 132 cm³/mol. The Morgan fingerprint density at radius 2 is 2.00 bits per heavy atom. The highest BCUT2D eigenvalue weighted by molar-refractivity contribution is 7.80. The number of amides is 1. The van der Waals surface area contributed by atoms with E-state index < -0.39 is 5.91 Å². The number of nitrogens with one attached hydrogen (secondary N) is 2. The third kappa shape index (κ3) is 4.80. The molecule has 33 heavy (non-hydrogen) atoms. The molecular formula is C23H22ClN3O4S2. The molecule has 1 aliphatic carbocycles. The average Bonchev–Trinajstić information content (AvgIpc) is 3.34. The van der Waals surface area contributed by atoms with Gasteiger partial charge in [0.05, 0.1) is 17.2 Å². The summed E-state index contributed by atoms with van der Waals surface area (Å²) in [4.78, 5) is 26.9. The Labute approximate surface area is 205 Å². The summed E-state index contributed by atoms with van der Waals surface area (Å²) in [5.41, 5.74) is 2.67. The molecular weight excluding hydrogens is 482 g/mol. The van der Waals surface area contributed by atoms with E-state index in [-0.39, 0.29) is 23.3 Å². The van der Waals surface area contributed by atoms with E-state index in [2.05, 4.69) is 15.8 Å². The average molecular weight is 504 g/mol. The fourth-order valence-corrected chi connectivity index (χ4v) is 5.62. The molecule has 1 amide bonds. The minimum Gasteiger partial charge on any atom is -0.462 e. The van der Waals surface area contributed by atoms with Crippen molar-refractivity contribution in [3.63, 3.8) is 0 Å². The minimum atomic E-state index is -0.486. The molecule has 0 atom stereocenters. The molecule has 3 aromatic rings. The molecule has 0 saturated carbocycles. The molecule has 0 saturated heterocycles. The number of esters is 1. The van der Waals surface area contributed by atoms with Crippen LogP contribution in [0.15, 0.2) is 28.8 Å². The second-order valence-corrected chi connectivity index (χ2v) is 9.41. The normalized spacial score (nSPS) is 12.7. The fourth-order valence-electron chi connectivity index (χ4n) is 3.85. The number of thiocarbonyl (C=S) groups is 1. The van der Waals surface area contributed by atoms with Gasteiger partial charge in [-0.1, -0.05) is 35.0 Å². The van der Waals surface area contributed by atoms with Crippen LogP contribution in [0.3, 0.4) is 0 Å². The largest absolute Gasteiger partial charge is 0.462 e. The first kappa shape index (κ1) is 23.4. The summed E-state index contributed by atoms with van der Waals surface area (Å²) >= 11 is 13.2. The maximum atomic E-state index is 13.1. The summed E-state index contributed by atoms with van der Waals surface area (Å²) in [6.45, 7) is 3.69. The van der Waals surface area contributed by atoms with E-state index >= 15 is 0 Å². The van der Waals surface area contributed by atoms with E-state index in [1.165, 1.54) is 11.3 Å². The van der Waals surface area contributed by atoms with Gasteiger partial charge in [-0.05, 0) is 63.4 Å². The van der Waals surface area contributed by atoms with Crippen LogP contribution in [0.25, 0.3) is 11.3 Å². The summed E-state index contributed by atoms with van der Waals surface area (Å²) in [5.74, 6) is -0.534. The topological polar surface area (TPSA) is 93.5 Å². The number of ether oxygens (including phenoxy) is 1. The third-order valence-corrected chi connectivity index (χ3v) is 7.06. The molecule has 0 bridgehead atoms. The molecule has 2 aromatic heterocycles. The second kappa shape index (κ2) is 10.0. The highest BCUT2D eigenvalue weighted by atomic mass is 35.5. The van der Waals surface area contributed by atoms with Gasteiger partial charge in [-0.2, -0.15) is 0 Å². The molecule has 1 aromatic carbocycles. The monoisotopic (exact) mass is 503 g/mol. The zero-order valence-corrected chi connectivity index (χ0v) is 20.5. The van der Waals surface area contributed by atoms with E-state index in [4.69, 9.17) is 33.1 Å². The summed E-state index contributed by atoms with van der Waals surface area (Å²) in [5, 5.41) is 10.8. The lowest BCUT2D eigenvalue weighted by Gasteiger charge is -2.13. The highest BCUT2D eigenvalue weighted by Gasteiger charge is 2.28. The zero-order chi connectivity index (χ0) is 23.5. The Morgan fingerprint density at radius 1 is 1.24 bits per heavy atom. The van der Waals surface area contributed by atoms with Crippen molar-refractivity contribution in [3.05, 3.63) is 56.6 Å². The number of hydrogen-bond acceptors (Lipinski definition) is 7. The molecule has 0 radical (unpaired) electrons. The van der Waals surface area contributed by atoms with E-state index in [1.54, 1.807) is 38.1 Å². The molecule has 172 valence electrons. The van der Waals surface area contributed by atoms with Crippen LogP contribution in [0.5, 0.6) is 0 Å². The quantitative estimate of drug-likeness (QED) is 0.348. The van der Waals surface area contributed by atoms with Crippen molar-refractivity contribution in [2.45, 2.75) is 39.5 Å². The molecule has 0 fully saturated rings. The van der Waals surface area contributed by atoms with Crippen molar-refractivity contribution in [1.29, 1.82) is 0 Å². The number of aryl methyl sites for hydroxylation is 2. The van der Waals surface area contributed by atoms with Gasteiger partial charge in [0.1, 0.15) is 22.0 Å². The van der Waals surface area contributed by atoms with Gasteiger partial charge in [0.15, 0.2) is 5.11 Å². The van der Waals surface area contributed by atoms with Gasteiger partial charge in [-0.15, -0.1) is 11.3 Å². The van der Waals surface area contributed by atoms with E-state index in [0.29, 0.717) is 32.6 Å². The van der Waals surface area contributed by atoms with Crippen molar-refractivity contribution >= 4 is 57.1 Å². The van der Waals surface area contributed by atoms with Crippen molar-refractivity contribution in [2.24, 2.45) is 0 Å². The van der Waals surface area contributed by atoms with Gasteiger partial charge in [0.2, 0.25) is 0 Å². The first-order valence-electron chi connectivity index (χ1n) is 10.6.